The van der Waals surface area contributed by atoms with Crippen LogP contribution in [0.15, 0.2) is 70.9 Å². The summed E-state index contributed by atoms with van der Waals surface area (Å²) in [5.41, 5.74) is 9.50. The fourth-order valence-electron chi connectivity index (χ4n) is 18.9. The molecule has 0 radical (unpaired) electrons. The highest BCUT2D eigenvalue weighted by Gasteiger charge is 2.55. The Labute approximate surface area is 603 Å². The third-order valence-corrected chi connectivity index (χ3v) is 47.0. The predicted octanol–water partition coefficient (Wildman–Crippen LogP) is 28.7. The van der Waals surface area contributed by atoms with Gasteiger partial charge in [-0.3, -0.25) is 0 Å². The fourth-order valence-corrected chi connectivity index (χ4v) is 24.2. The van der Waals surface area contributed by atoms with E-state index in [1.54, 1.807) is 11.1 Å². The average Bonchev–Trinajstić information content (AvgIpc) is 1.57. The molecule has 0 heterocycles. The molecule has 0 saturated heterocycles. The number of allylic oxidation sites excluding steroid dienone is 6. The highest BCUT2D eigenvalue weighted by atomic mass is 28.4. The van der Waals surface area contributed by atoms with Gasteiger partial charge < -0.3 is 17.7 Å². The molecule has 554 valence electrons. The lowest BCUT2D eigenvalue weighted by atomic mass is 9.57. The Bertz CT molecular complexity index is 2440. The smallest absolute Gasteiger partial charge is 0.192 e. The summed E-state index contributed by atoms with van der Waals surface area (Å²) in [5, 5.41) is 0.596. The highest BCUT2D eigenvalue weighted by molar-refractivity contribution is 6.75. The number of hydrogen-bond donors (Lipinski definition) is 0. The molecule has 6 aliphatic carbocycles. The lowest BCUT2D eigenvalue weighted by molar-refractivity contribution is 0.0628. The van der Waals surface area contributed by atoms with Crippen LogP contribution >= 0.6 is 0 Å². The van der Waals surface area contributed by atoms with Gasteiger partial charge in [-0.1, -0.05) is 290 Å². The molecule has 0 spiro atoms. The SMILES string of the molecule is C=C1/C(=C\C=C2/C[C@H](CCCCCCCCCC[C@H]3C/C(=C\C=C4\C[C@@H](O[Si](C)(C)C(C)(C)C)C[C@H](O[Si](C)(C)C(C)(C)C)C4=C)[C@@H]4CC[C@H]([C@H](C)CCCC(C)C)[C@@]4(C)C3)C[C@]3(C)[C@@H]([C@H](C)CCCC(C)C)CC[C@@H]23)C[C@@H](O[Si](C)(C)C(C)(C)C)C[C@@H]1O[Si](C)(C)C(C)(C)C. The minimum Gasteiger partial charge on any atom is -0.413 e. The Morgan fingerprint density at radius 3 is 1.01 bits per heavy atom. The van der Waals surface area contributed by atoms with Gasteiger partial charge in [-0.15, -0.1) is 0 Å². The molecule has 0 aliphatic heterocycles. The zero-order chi connectivity index (χ0) is 72.0. The molecule has 6 aliphatic rings. The van der Waals surface area contributed by atoms with Gasteiger partial charge in [0.25, 0.3) is 0 Å². The Hall–Kier alpha value is -0.852. The van der Waals surface area contributed by atoms with E-state index in [9.17, 15) is 0 Å². The van der Waals surface area contributed by atoms with Crippen molar-refractivity contribution in [3.63, 3.8) is 0 Å². The van der Waals surface area contributed by atoms with Gasteiger partial charge in [0, 0.05) is 12.8 Å². The van der Waals surface area contributed by atoms with Crippen LogP contribution in [0.25, 0.3) is 0 Å². The van der Waals surface area contributed by atoms with E-state index in [0.29, 0.717) is 22.7 Å². The van der Waals surface area contributed by atoms with E-state index in [0.717, 1.165) is 73.0 Å². The second kappa shape index (κ2) is 33.9. The van der Waals surface area contributed by atoms with E-state index in [1.165, 1.54) is 176 Å². The fraction of sp³-hybridized carbons (Fsp3) is 0.864. The summed E-state index contributed by atoms with van der Waals surface area (Å²) in [6, 6.07) is 0. The van der Waals surface area contributed by atoms with Crippen LogP contribution in [0, 0.1) is 70.0 Å². The summed E-state index contributed by atoms with van der Waals surface area (Å²) in [5.74, 6) is 7.75. The first-order valence-corrected chi connectivity index (χ1v) is 52.6. The Morgan fingerprint density at radius 1 is 0.406 bits per heavy atom. The zero-order valence-corrected chi connectivity index (χ0v) is 73.2. The molecule has 0 unspecified atom stereocenters. The van der Waals surface area contributed by atoms with Gasteiger partial charge in [-0.2, -0.15) is 0 Å². The molecule has 6 fully saturated rings. The number of unbranched alkanes of at least 4 members (excludes halogenated alkanes) is 7. The van der Waals surface area contributed by atoms with Crippen molar-refractivity contribution >= 4 is 33.3 Å². The standard InChI is InChI=1S/C88H162O4Si4/c1-63(2)41-39-43-65(5)77-51-53-79-73(49-47-71-57-75(89-93(23,24)83(9,10)11)59-81(67(71)7)91-95(27,28)85(15,16)17)55-69(61-87(77,79)21)45-37-35-33-31-32-34-36-38-46-70-56-74(80-54-52-78(88(80,22)62-70)66(6)44-40-42-64(3)4)50-48-72-58-76(90-94(25,26)84(12,13)14)60-82(68(72)8)92-96(29,30)86(18,19)20/h47-50,63-66,69-70,75-82H,7-8,31-46,51-62H2,1-6,9-30H3/b71-47-,72-48-,73-49+,74-50+/t65-,66-,69+,70+,75-,76-,77-,78-,79+,80+,81+,82+,87-,88-/m1/s1. The molecule has 0 aromatic carbocycles. The molecule has 0 amide bonds. The first kappa shape index (κ1) is 84.1. The van der Waals surface area contributed by atoms with Crippen LogP contribution in [0.4, 0.5) is 0 Å². The maximum atomic E-state index is 7.32. The van der Waals surface area contributed by atoms with Crippen molar-refractivity contribution in [3.05, 3.63) is 70.9 Å². The zero-order valence-electron chi connectivity index (χ0n) is 69.2. The Morgan fingerprint density at radius 2 is 0.708 bits per heavy atom. The highest BCUT2D eigenvalue weighted by Crippen LogP contribution is 2.64. The van der Waals surface area contributed by atoms with Crippen molar-refractivity contribution < 1.29 is 17.7 Å². The van der Waals surface area contributed by atoms with Gasteiger partial charge in [0.15, 0.2) is 33.3 Å². The number of rotatable bonds is 31. The van der Waals surface area contributed by atoms with E-state index in [2.05, 4.69) is 215 Å². The molecular formula is C88H162O4Si4. The van der Waals surface area contributed by atoms with Crippen molar-refractivity contribution in [2.24, 2.45) is 70.0 Å². The molecule has 0 aromatic rings. The lowest BCUT2D eigenvalue weighted by Gasteiger charge is -2.48. The summed E-state index contributed by atoms with van der Waals surface area (Å²) >= 11 is 0. The number of fused-ring (bicyclic) bond motifs is 2. The van der Waals surface area contributed by atoms with E-state index in [-0.39, 0.29) is 44.6 Å². The second-order valence-electron chi connectivity index (χ2n) is 41.6. The third-order valence-electron chi connectivity index (χ3n) is 28.9. The lowest BCUT2D eigenvalue weighted by Crippen LogP contribution is -2.49. The van der Waals surface area contributed by atoms with Crippen LogP contribution in [0.2, 0.25) is 72.5 Å². The van der Waals surface area contributed by atoms with Crippen LogP contribution in [-0.2, 0) is 17.7 Å². The van der Waals surface area contributed by atoms with Gasteiger partial charge in [0.2, 0.25) is 0 Å². The number of hydrogen-bond acceptors (Lipinski definition) is 4. The summed E-state index contributed by atoms with van der Waals surface area (Å²) in [6.07, 6.45) is 47.7. The molecule has 0 aromatic heterocycles. The summed E-state index contributed by atoms with van der Waals surface area (Å²) in [6.45, 7) is 78.2. The summed E-state index contributed by atoms with van der Waals surface area (Å²) in [4.78, 5) is 0. The maximum absolute atomic E-state index is 7.32. The van der Waals surface area contributed by atoms with E-state index >= 15 is 0 Å². The maximum Gasteiger partial charge on any atom is 0.192 e. The minimum absolute atomic E-state index is 0.0158. The predicted molar refractivity (Wildman–Crippen MR) is 433 cm³/mol. The molecule has 0 bridgehead atoms. The van der Waals surface area contributed by atoms with Crippen LogP contribution < -0.4 is 0 Å². The van der Waals surface area contributed by atoms with Gasteiger partial charge in [0.1, 0.15) is 0 Å². The minimum atomic E-state index is -2.05. The van der Waals surface area contributed by atoms with E-state index in [4.69, 9.17) is 30.9 Å². The van der Waals surface area contributed by atoms with Crippen molar-refractivity contribution in [2.45, 2.75) is 415 Å². The van der Waals surface area contributed by atoms with Gasteiger partial charge >= 0.3 is 0 Å². The molecule has 8 heteroatoms. The molecular weight excluding hydrogens is 1230 g/mol. The second-order valence-corrected chi connectivity index (χ2v) is 60.6. The van der Waals surface area contributed by atoms with Crippen molar-refractivity contribution in [1.29, 1.82) is 0 Å². The first-order chi connectivity index (χ1) is 44.1. The normalized spacial score (nSPS) is 31.8. The molecule has 4 nitrogen and oxygen atoms in total. The molecule has 6 rings (SSSR count). The molecule has 14 atom stereocenters. The third kappa shape index (κ3) is 21.9. The first-order valence-electron chi connectivity index (χ1n) is 41.0. The van der Waals surface area contributed by atoms with Crippen molar-refractivity contribution in [2.75, 3.05) is 0 Å². The van der Waals surface area contributed by atoms with Crippen LogP contribution in [0.5, 0.6) is 0 Å². The molecule has 0 N–H and O–H groups in total. The molecule has 96 heavy (non-hydrogen) atoms. The topological polar surface area (TPSA) is 36.9 Å². The van der Waals surface area contributed by atoms with Crippen LogP contribution in [-0.4, -0.2) is 57.7 Å². The van der Waals surface area contributed by atoms with Crippen molar-refractivity contribution in [1.82, 2.24) is 0 Å². The Balaban J connectivity index is 1.11. The molecule has 6 saturated carbocycles. The van der Waals surface area contributed by atoms with Crippen LogP contribution in [0.3, 0.4) is 0 Å². The van der Waals surface area contributed by atoms with Crippen molar-refractivity contribution in [3.8, 4) is 0 Å². The van der Waals surface area contributed by atoms with Crippen LogP contribution in [0.1, 0.15) is 318 Å². The largest absolute Gasteiger partial charge is 0.413 e. The average molecular weight is 1400 g/mol. The van der Waals surface area contributed by atoms with Gasteiger partial charge in [-0.05, 0) is 229 Å². The van der Waals surface area contributed by atoms with Gasteiger partial charge in [0.05, 0.1) is 24.4 Å². The summed E-state index contributed by atoms with van der Waals surface area (Å²) < 4.78 is 29.3. The van der Waals surface area contributed by atoms with E-state index in [1.807, 2.05) is 0 Å². The Kier molecular flexibility index (Phi) is 29.7. The van der Waals surface area contributed by atoms with Gasteiger partial charge in [-0.25, -0.2) is 0 Å². The van der Waals surface area contributed by atoms with E-state index < -0.39 is 33.3 Å². The quantitative estimate of drug-likeness (QED) is 0.0512. The summed E-state index contributed by atoms with van der Waals surface area (Å²) in [7, 11) is -8.09. The monoisotopic (exact) mass is 1400 g/mol.